The van der Waals surface area contributed by atoms with Crippen LogP contribution in [0.1, 0.15) is 30.6 Å². The summed E-state index contributed by atoms with van der Waals surface area (Å²) in [7, 11) is -3.64. The fourth-order valence-electron chi connectivity index (χ4n) is 1.99. The van der Waals surface area contributed by atoms with Crippen molar-refractivity contribution in [2.24, 2.45) is 0 Å². The van der Waals surface area contributed by atoms with Gasteiger partial charge in [-0.15, -0.1) is 0 Å². The molecule has 0 aliphatic carbocycles. The van der Waals surface area contributed by atoms with Crippen LogP contribution in [0.3, 0.4) is 0 Å². The Balaban J connectivity index is 2.15. The number of amides is 1. The van der Waals surface area contributed by atoms with Gasteiger partial charge in [-0.1, -0.05) is 18.5 Å². The molecule has 0 aromatic heterocycles. The first-order chi connectivity index (χ1) is 11.7. The van der Waals surface area contributed by atoms with Crippen LogP contribution >= 0.6 is 11.6 Å². The molecule has 0 bridgehead atoms. The molecule has 5 nitrogen and oxygen atoms in total. The summed E-state index contributed by atoms with van der Waals surface area (Å²) < 4.78 is 40.6. The predicted octanol–water partition coefficient (Wildman–Crippen LogP) is 3.81. The molecule has 0 saturated heterocycles. The molecule has 0 unspecified atom stereocenters. The second kappa shape index (κ2) is 7.95. The highest BCUT2D eigenvalue weighted by Gasteiger charge is 2.17. The van der Waals surface area contributed by atoms with E-state index < -0.39 is 21.7 Å². The maximum atomic E-state index is 13.7. The number of hydrogen-bond acceptors (Lipinski definition) is 3. The van der Waals surface area contributed by atoms with E-state index in [0.29, 0.717) is 6.42 Å². The third kappa shape index (κ3) is 5.01. The van der Waals surface area contributed by atoms with Crippen LogP contribution in [0.5, 0.6) is 0 Å². The van der Waals surface area contributed by atoms with E-state index in [9.17, 15) is 17.6 Å². The Kier molecular flexibility index (Phi) is 6.16. The second-order valence-electron chi connectivity index (χ2n) is 5.53. The van der Waals surface area contributed by atoms with Crippen molar-refractivity contribution >= 4 is 33.2 Å². The molecule has 8 heteroatoms. The van der Waals surface area contributed by atoms with Crippen LogP contribution in [0.15, 0.2) is 47.4 Å². The lowest BCUT2D eigenvalue weighted by Crippen LogP contribution is -2.32. The van der Waals surface area contributed by atoms with Crippen molar-refractivity contribution in [3.8, 4) is 0 Å². The largest absolute Gasteiger partial charge is 0.319 e. The number of sulfonamides is 1. The normalized spacial score (nSPS) is 12.6. The molecule has 0 saturated carbocycles. The van der Waals surface area contributed by atoms with Crippen LogP contribution < -0.4 is 10.0 Å². The lowest BCUT2D eigenvalue weighted by Gasteiger charge is -2.12. The van der Waals surface area contributed by atoms with Crippen LogP contribution in [0.2, 0.25) is 5.02 Å². The highest BCUT2D eigenvalue weighted by molar-refractivity contribution is 7.89. The smallest absolute Gasteiger partial charge is 0.255 e. The lowest BCUT2D eigenvalue weighted by atomic mass is 10.2. The highest BCUT2D eigenvalue weighted by atomic mass is 35.5. The average molecular weight is 385 g/mol. The van der Waals surface area contributed by atoms with E-state index in [1.807, 2.05) is 6.92 Å². The summed E-state index contributed by atoms with van der Waals surface area (Å²) in [4.78, 5) is 12.2. The number of hydrogen-bond donors (Lipinski definition) is 2. The van der Waals surface area contributed by atoms with Gasteiger partial charge >= 0.3 is 0 Å². The van der Waals surface area contributed by atoms with Crippen molar-refractivity contribution in [1.82, 2.24) is 4.72 Å². The van der Waals surface area contributed by atoms with Gasteiger partial charge in [-0.3, -0.25) is 4.79 Å². The van der Waals surface area contributed by atoms with Crippen molar-refractivity contribution in [1.29, 1.82) is 0 Å². The Morgan fingerprint density at radius 2 is 1.84 bits per heavy atom. The number of halogens is 2. The molecule has 0 radical (unpaired) electrons. The van der Waals surface area contributed by atoms with Crippen LogP contribution in [-0.4, -0.2) is 20.4 Å². The summed E-state index contributed by atoms with van der Waals surface area (Å²) in [5.41, 5.74) is 0.196. The predicted molar refractivity (Wildman–Crippen MR) is 95.9 cm³/mol. The minimum atomic E-state index is -3.64. The van der Waals surface area contributed by atoms with Gasteiger partial charge in [0.15, 0.2) is 0 Å². The Hall–Kier alpha value is -1.96. The Morgan fingerprint density at radius 1 is 1.20 bits per heavy atom. The molecule has 1 atom stereocenters. The van der Waals surface area contributed by atoms with Crippen LogP contribution in [0.25, 0.3) is 0 Å². The number of carbonyl (C=O) groups excluding carboxylic acids is 1. The van der Waals surface area contributed by atoms with Gasteiger partial charge in [0.2, 0.25) is 10.0 Å². The number of carbonyl (C=O) groups is 1. The van der Waals surface area contributed by atoms with Gasteiger partial charge in [-0.05, 0) is 55.8 Å². The van der Waals surface area contributed by atoms with Gasteiger partial charge in [-0.25, -0.2) is 17.5 Å². The van der Waals surface area contributed by atoms with E-state index in [2.05, 4.69) is 10.0 Å². The van der Waals surface area contributed by atoms with E-state index in [4.69, 9.17) is 11.6 Å². The van der Waals surface area contributed by atoms with E-state index in [0.717, 1.165) is 6.07 Å². The third-order valence-corrected chi connectivity index (χ3v) is 5.42. The highest BCUT2D eigenvalue weighted by Crippen LogP contribution is 2.20. The Bertz CT molecular complexity index is 870. The molecule has 2 N–H and O–H groups in total. The quantitative estimate of drug-likeness (QED) is 0.795. The van der Waals surface area contributed by atoms with E-state index in [-0.39, 0.29) is 27.2 Å². The summed E-state index contributed by atoms with van der Waals surface area (Å²) in [6.07, 6.45) is 0.659. The number of nitrogens with one attached hydrogen (secondary N) is 2. The molecular weight excluding hydrogens is 367 g/mol. The first kappa shape index (κ1) is 19.4. The minimum Gasteiger partial charge on any atom is -0.319 e. The Labute approximate surface area is 151 Å². The summed E-state index contributed by atoms with van der Waals surface area (Å²) in [5, 5.41) is 2.64. The molecule has 0 spiro atoms. The van der Waals surface area contributed by atoms with Gasteiger partial charge in [0, 0.05) is 16.6 Å². The van der Waals surface area contributed by atoms with E-state index in [1.165, 1.54) is 36.4 Å². The molecule has 25 heavy (non-hydrogen) atoms. The Morgan fingerprint density at radius 3 is 2.40 bits per heavy atom. The van der Waals surface area contributed by atoms with Crippen LogP contribution in [0, 0.1) is 5.82 Å². The average Bonchev–Trinajstić information content (AvgIpc) is 2.57. The van der Waals surface area contributed by atoms with Crippen molar-refractivity contribution in [2.45, 2.75) is 31.2 Å². The summed E-state index contributed by atoms with van der Waals surface area (Å²) in [5.74, 6) is -1.21. The van der Waals surface area contributed by atoms with E-state index in [1.54, 1.807) is 6.92 Å². The van der Waals surface area contributed by atoms with Crippen LogP contribution in [0.4, 0.5) is 10.1 Å². The molecule has 0 heterocycles. The summed E-state index contributed by atoms with van der Waals surface area (Å²) in [6, 6.07) is 9.10. The monoisotopic (exact) mass is 384 g/mol. The van der Waals surface area contributed by atoms with E-state index >= 15 is 0 Å². The van der Waals surface area contributed by atoms with Gasteiger partial charge < -0.3 is 5.32 Å². The SMILES string of the molecule is CC[C@@H](C)NS(=O)(=O)c1ccc(C(=O)Nc2ccc(Cl)cc2F)cc1. The van der Waals surface area contributed by atoms with Gasteiger partial charge in [0.05, 0.1) is 10.6 Å². The zero-order chi connectivity index (χ0) is 18.6. The maximum Gasteiger partial charge on any atom is 0.255 e. The fourth-order valence-corrected chi connectivity index (χ4v) is 3.47. The molecular formula is C17H18ClFN2O3S. The number of rotatable bonds is 6. The fraction of sp³-hybridized carbons (Fsp3) is 0.235. The van der Waals surface area contributed by atoms with Crippen molar-refractivity contribution in [2.75, 3.05) is 5.32 Å². The molecule has 2 rings (SSSR count). The standard InChI is InChI=1S/C17H18ClFN2O3S/c1-3-11(2)21-25(23,24)14-7-4-12(5-8-14)17(22)20-16-9-6-13(18)10-15(16)19/h4-11,21H,3H2,1-2H3,(H,20,22)/t11-/m1/s1. The maximum absolute atomic E-state index is 13.7. The number of anilines is 1. The van der Waals surface area contributed by atoms with Gasteiger partial charge in [-0.2, -0.15) is 0 Å². The minimum absolute atomic E-state index is 0.00969. The molecule has 134 valence electrons. The second-order valence-corrected chi connectivity index (χ2v) is 7.68. The third-order valence-electron chi connectivity index (χ3n) is 3.57. The number of benzene rings is 2. The lowest BCUT2D eigenvalue weighted by molar-refractivity contribution is 0.102. The molecule has 0 aliphatic rings. The first-order valence-corrected chi connectivity index (χ1v) is 9.48. The molecule has 0 aliphatic heterocycles. The summed E-state index contributed by atoms with van der Waals surface area (Å²) in [6.45, 7) is 3.64. The molecule has 2 aromatic carbocycles. The molecule has 1 amide bonds. The zero-order valence-electron chi connectivity index (χ0n) is 13.7. The zero-order valence-corrected chi connectivity index (χ0v) is 15.3. The van der Waals surface area contributed by atoms with Crippen LogP contribution in [-0.2, 0) is 10.0 Å². The first-order valence-electron chi connectivity index (χ1n) is 7.61. The van der Waals surface area contributed by atoms with Crippen molar-refractivity contribution in [3.05, 3.63) is 58.9 Å². The molecule has 2 aromatic rings. The van der Waals surface area contributed by atoms with Crippen molar-refractivity contribution < 1.29 is 17.6 Å². The van der Waals surface area contributed by atoms with Gasteiger partial charge in [0.1, 0.15) is 5.82 Å². The van der Waals surface area contributed by atoms with Gasteiger partial charge in [0.25, 0.3) is 5.91 Å². The summed E-state index contributed by atoms with van der Waals surface area (Å²) >= 11 is 5.66. The van der Waals surface area contributed by atoms with Crippen molar-refractivity contribution in [3.63, 3.8) is 0 Å². The molecule has 0 fully saturated rings. The topological polar surface area (TPSA) is 75.3 Å².